The van der Waals surface area contributed by atoms with Crippen molar-refractivity contribution >= 4 is 44.9 Å². The minimum absolute atomic E-state index is 0.0163. The third-order valence-corrected chi connectivity index (χ3v) is 5.39. The lowest BCUT2D eigenvalue weighted by atomic mass is 10.2. The van der Waals surface area contributed by atoms with Crippen LogP contribution in [0.15, 0.2) is 12.1 Å². The van der Waals surface area contributed by atoms with Gasteiger partial charge in [-0.3, -0.25) is 4.31 Å². The molecule has 1 saturated heterocycles. The standard InChI is InChI=1S/C11H11Cl2NO4S/c1-6-4-14(19(17,18)5-6)10-8(12)2-7(11(15)16)3-9(10)13/h2-3,6H,4-5H2,1H3,(H,15,16). The molecule has 0 spiro atoms. The smallest absolute Gasteiger partial charge is 0.335 e. The Morgan fingerprint density at radius 3 is 2.26 bits per heavy atom. The minimum Gasteiger partial charge on any atom is -0.478 e. The van der Waals surface area contributed by atoms with E-state index in [9.17, 15) is 13.2 Å². The van der Waals surface area contributed by atoms with Crippen molar-refractivity contribution in [2.45, 2.75) is 6.92 Å². The summed E-state index contributed by atoms with van der Waals surface area (Å²) in [5.41, 5.74) is 0.0704. The van der Waals surface area contributed by atoms with Gasteiger partial charge in [0.25, 0.3) is 0 Å². The van der Waals surface area contributed by atoms with E-state index in [0.29, 0.717) is 0 Å². The lowest BCUT2D eigenvalue weighted by Gasteiger charge is -2.20. The summed E-state index contributed by atoms with van der Waals surface area (Å²) < 4.78 is 25.1. The molecule has 0 amide bonds. The number of rotatable bonds is 2. The van der Waals surface area contributed by atoms with Crippen molar-refractivity contribution in [3.8, 4) is 0 Å². The van der Waals surface area contributed by atoms with Gasteiger partial charge in [0.15, 0.2) is 0 Å². The zero-order valence-electron chi connectivity index (χ0n) is 9.93. The second kappa shape index (κ2) is 4.85. The van der Waals surface area contributed by atoms with E-state index in [1.54, 1.807) is 0 Å². The Hall–Kier alpha value is -0.980. The van der Waals surface area contributed by atoms with Gasteiger partial charge in [0.2, 0.25) is 10.0 Å². The third kappa shape index (κ3) is 2.66. The van der Waals surface area contributed by atoms with E-state index in [4.69, 9.17) is 28.3 Å². The molecule has 0 saturated carbocycles. The van der Waals surface area contributed by atoms with Gasteiger partial charge in [0.05, 0.1) is 27.0 Å². The number of halogens is 2. The van der Waals surface area contributed by atoms with Gasteiger partial charge in [-0.2, -0.15) is 0 Å². The fraction of sp³-hybridized carbons (Fsp3) is 0.364. The summed E-state index contributed by atoms with van der Waals surface area (Å²) in [5.74, 6) is -1.18. The molecule has 0 aliphatic carbocycles. The number of anilines is 1. The molecule has 5 nitrogen and oxygen atoms in total. The topological polar surface area (TPSA) is 74.7 Å². The maximum absolute atomic E-state index is 12.0. The van der Waals surface area contributed by atoms with Crippen molar-refractivity contribution in [2.24, 2.45) is 5.92 Å². The number of carboxylic acid groups (broad SMARTS) is 1. The predicted molar refractivity (Wildman–Crippen MR) is 73.7 cm³/mol. The van der Waals surface area contributed by atoms with Crippen LogP contribution in [-0.4, -0.2) is 31.8 Å². The Bertz CT molecular complexity index is 621. The van der Waals surface area contributed by atoms with Crippen LogP contribution >= 0.6 is 23.2 Å². The number of hydrogen-bond acceptors (Lipinski definition) is 3. The van der Waals surface area contributed by atoms with Crippen LogP contribution in [0.5, 0.6) is 0 Å². The van der Waals surface area contributed by atoms with E-state index in [2.05, 4.69) is 0 Å². The van der Waals surface area contributed by atoms with Gasteiger partial charge >= 0.3 is 5.97 Å². The summed E-state index contributed by atoms with van der Waals surface area (Å²) in [5, 5.41) is 8.92. The summed E-state index contributed by atoms with van der Waals surface area (Å²) >= 11 is 12.0. The first-order valence-corrected chi connectivity index (χ1v) is 7.81. The third-order valence-electron chi connectivity index (χ3n) is 2.82. The molecule has 1 aromatic rings. The Kier molecular flexibility index (Phi) is 3.68. The molecule has 104 valence electrons. The Morgan fingerprint density at radius 1 is 1.37 bits per heavy atom. The number of aromatic carboxylic acids is 1. The van der Waals surface area contributed by atoms with Gasteiger partial charge in [-0.15, -0.1) is 0 Å². The predicted octanol–water partition coefficient (Wildman–Crippen LogP) is 2.48. The summed E-state index contributed by atoms with van der Waals surface area (Å²) in [6.45, 7) is 2.10. The van der Waals surface area contributed by atoms with Crippen LogP contribution in [0.4, 0.5) is 5.69 Å². The molecule has 0 radical (unpaired) electrons. The highest BCUT2D eigenvalue weighted by Crippen LogP contribution is 2.39. The van der Waals surface area contributed by atoms with Gasteiger partial charge in [0.1, 0.15) is 0 Å². The van der Waals surface area contributed by atoms with Crippen molar-refractivity contribution in [2.75, 3.05) is 16.6 Å². The first-order valence-electron chi connectivity index (χ1n) is 5.45. The first kappa shape index (κ1) is 14.4. The van der Waals surface area contributed by atoms with Crippen molar-refractivity contribution in [1.29, 1.82) is 0 Å². The fourth-order valence-corrected chi connectivity index (χ4v) is 4.81. The molecule has 1 fully saturated rings. The highest BCUT2D eigenvalue weighted by atomic mass is 35.5. The molecule has 0 bridgehead atoms. The van der Waals surface area contributed by atoms with Crippen molar-refractivity contribution < 1.29 is 18.3 Å². The Labute approximate surface area is 120 Å². The van der Waals surface area contributed by atoms with Crippen molar-refractivity contribution in [3.05, 3.63) is 27.7 Å². The van der Waals surface area contributed by atoms with Crippen LogP contribution in [0, 0.1) is 5.92 Å². The number of sulfonamides is 1. The molecule has 19 heavy (non-hydrogen) atoms. The Balaban J connectivity index is 2.55. The zero-order valence-corrected chi connectivity index (χ0v) is 12.3. The molecule has 1 heterocycles. The summed E-state index contributed by atoms with van der Waals surface area (Å²) in [7, 11) is -3.45. The molecule has 1 N–H and O–H groups in total. The fourth-order valence-electron chi connectivity index (χ4n) is 2.06. The van der Waals surface area contributed by atoms with Gasteiger partial charge < -0.3 is 5.11 Å². The van der Waals surface area contributed by atoms with E-state index in [-0.39, 0.29) is 39.5 Å². The van der Waals surface area contributed by atoms with Crippen LogP contribution in [0.1, 0.15) is 17.3 Å². The molecule has 8 heteroatoms. The van der Waals surface area contributed by atoms with Crippen molar-refractivity contribution in [1.82, 2.24) is 0 Å². The number of benzene rings is 1. The second-order valence-electron chi connectivity index (χ2n) is 4.51. The summed E-state index contributed by atoms with van der Waals surface area (Å²) in [6, 6.07) is 2.40. The average molecular weight is 324 g/mol. The number of nitrogens with zero attached hydrogens (tertiary/aromatic N) is 1. The quantitative estimate of drug-likeness (QED) is 0.907. The molecule has 2 rings (SSSR count). The maximum Gasteiger partial charge on any atom is 0.335 e. The van der Waals surface area contributed by atoms with Gasteiger partial charge in [-0.25, -0.2) is 13.2 Å². The minimum atomic E-state index is -3.45. The lowest BCUT2D eigenvalue weighted by molar-refractivity contribution is 0.0697. The maximum atomic E-state index is 12.0. The zero-order chi connectivity index (χ0) is 14.4. The van der Waals surface area contributed by atoms with Crippen LogP contribution in [0.2, 0.25) is 10.0 Å². The van der Waals surface area contributed by atoms with Crippen molar-refractivity contribution in [3.63, 3.8) is 0 Å². The molecular formula is C11H11Cl2NO4S. The van der Waals surface area contributed by atoms with Gasteiger partial charge in [0, 0.05) is 6.54 Å². The van der Waals surface area contributed by atoms with E-state index in [1.807, 2.05) is 6.92 Å². The highest BCUT2D eigenvalue weighted by molar-refractivity contribution is 7.93. The monoisotopic (exact) mass is 323 g/mol. The van der Waals surface area contributed by atoms with Gasteiger partial charge in [-0.1, -0.05) is 30.1 Å². The first-order chi connectivity index (χ1) is 8.72. The summed E-state index contributed by atoms with van der Waals surface area (Å²) in [4.78, 5) is 10.9. The number of carbonyl (C=O) groups is 1. The molecule has 0 aromatic heterocycles. The van der Waals surface area contributed by atoms with Crippen LogP contribution in [0.3, 0.4) is 0 Å². The van der Waals surface area contributed by atoms with E-state index < -0.39 is 16.0 Å². The van der Waals surface area contributed by atoms with Gasteiger partial charge in [-0.05, 0) is 18.1 Å². The van der Waals surface area contributed by atoms with Crippen LogP contribution < -0.4 is 4.31 Å². The van der Waals surface area contributed by atoms with Crippen LogP contribution in [0.25, 0.3) is 0 Å². The van der Waals surface area contributed by atoms with E-state index in [0.717, 1.165) is 4.31 Å². The molecular weight excluding hydrogens is 313 g/mol. The lowest BCUT2D eigenvalue weighted by Crippen LogP contribution is -2.26. The number of hydrogen-bond donors (Lipinski definition) is 1. The number of carboxylic acids is 1. The van der Waals surface area contributed by atoms with E-state index >= 15 is 0 Å². The average Bonchev–Trinajstić information content (AvgIpc) is 2.51. The molecule has 1 aliphatic heterocycles. The van der Waals surface area contributed by atoms with Crippen LogP contribution in [-0.2, 0) is 10.0 Å². The SMILES string of the molecule is CC1CN(c2c(Cl)cc(C(=O)O)cc2Cl)S(=O)(=O)C1. The largest absolute Gasteiger partial charge is 0.478 e. The highest BCUT2D eigenvalue weighted by Gasteiger charge is 2.36. The molecule has 1 aliphatic rings. The molecule has 1 atom stereocenters. The second-order valence-corrected chi connectivity index (χ2v) is 7.26. The molecule has 1 unspecified atom stereocenters. The van der Waals surface area contributed by atoms with E-state index in [1.165, 1.54) is 12.1 Å². The summed E-state index contributed by atoms with van der Waals surface area (Å²) in [6.07, 6.45) is 0. The molecule has 1 aromatic carbocycles. The Morgan fingerprint density at radius 2 is 1.89 bits per heavy atom. The normalized spacial score (nSPS) is 21.6.